The van der Waals surface area contributed by atoms with E-state index in [4.69, 9.17) is 9.40 Å². The van der Waals surface area contributed by atoms with Crippen LogP contribution in [0.15, 0.2) is 77.1 Å². The molecule has 6 rings (SSSR count). The second-order valence-electron chi connectivity index (χ2n) is 8.87. The van der Waals surface area contributed by atoms with Crippen molar-refractivity contribution in [2.45, 2.75) is 33.3 Å². The summed E-state index contributed by atoms with van der Waals surface area (Å²) in [6.45, 7) is 8.91. The fourth-order valence-corrected chi connectivity index (χ4v) is 5.29. The number of hydrogen-bond acceptors (Lipinski definition) is 6. The second kappa shape index (κ2) is 6.63. The van der Waals surface area contributed by atoms with E-state index in [2.05, 4.69) is 89.9 Å². The van der Waals surface area contributed by atoms with Gasteiger partial charge in [0.2, 0.25) is 5.71 Å². The molecule has 0 fully saturated rings. The van der Waals surface area contributed by atoms with Crippen molar-refractivity contribution in [3.8, 4) is 0 Å². The third-order valence-electron chi connectivity index (χ3n) is 6.52. The number of fused-ring (bicyclic) bond motifs is 4. The van der Waals surface area contributed by atoms with Crippen molar-refractivity contribution in [3.63, 3.8) is 0 Å². The van der Waals surface area contributed by atoms with Gasteiger partial charge in [-0.3, -0.25) is 9.91 Å². The average molecular weight is 421 g/mol. The lowest BCUT2D eigenvalue weighted by molar-refractivity contribution is 0.353. The van der Waals surface area contributed by atoms with Crippen LogP contribution in [0.5, 0.6) is 0 Å². The van der Waals surface area contributed by atoms with Gasteiger partial charge in [-0.2, -0.15) is 0 Å². The third kappa shape index (κ3) is 2.48. The van der Waals surface area contributed by atoms with Crippen LogP contribution in [0.4, 0.5) is 17.2 Å². The summed E-state index contributed by atoms with van der Waals surface area (Å²) in [7, 11) is 0. The van der Waals surface area contributed by atoms with Crippen molar-refractivity contribution >= 4 is 46.7 Å². The summed E-state index contributed by atoms with van der Waals surface area (Å²) in [5, 5.41) is 3.43. The zero-order chi connectivity index (χ0) is 22.0. The van der Waals surface area contributed by atoms with E-state index in [0.29, 0.717) is 5.71 Å². The summed E-state index contributed by atoms with van der Waals surface area (Å²) in [6, 6.07) is 18.7. The van der Waals surface area contributed by atoms with E-state index in [0.717, 1.165) is 39.5 Å². The van der Waals surface area contributed by atoms with Crippen LogP contribution in [-0.2, 0) is 0 Å². The predicted octanol–water partition coefficient (Wildman–Crippen LogP) is 5.04. The van der Waals surface area contributed by atoms with Crippen molar-refractivity contribution in [3.05, 3.63) is 78.4 Å². The maximum absolute atomic E-state index is 6.10. The zero-order valence-electron chi connectivity index (χ0n) is 18.6. The molecule has 0 amide bonds. The quantitative estimate of drug-likeness (QED) is 0.423. The summed E-state index contributed by atoms with van der Waals surface area (Å²) in [6.07, 6.45) is 5.76. The van der Waals surface area contributed by atoms with E-state index in [-0.39, 0.29) is 6.85 Å². The molecule has 0 bridgehead atoms. The van der Waals surface area contributed by atoms with Crippen molar-refractivity contribution in [1.29, 1.82) is 0 Å². The molecule has 0 aliphatic carbocycles. The van der Waals surface area contributed by atoms with Gasteiger partial charge in [-0.1, -0.05) is 25.0 Å². The first-order chi connectivity index (χ1) is 15.5. The minimum absolute atomic E-state index is 0.0588. The topological polar surface area (TPSA) is 48.6 Å². The Hall–Kier alpha value is -3.74. The van der Waals surface area contributed by atoms with Gasteiger partial charge >= 0.3 is 6.85 Å². The normalized spacial score (nSPS) is 16.9. The van der Waals surface area contributed by atoms with Crippen LogP contribution in [0.3, 0.4) is 0 Å². The van der Waals surface area contributed by atoms with Crippen LogP contribution >= 0.6 is 0 Å². The number of pyridine rings is 2. The largest absolute Gasteiger partial charge is 0.439 e. The Morgan fingerprint density at radius 1 is 0.938 bits per heavy atom. The Morgan fingerprint density at radius 3 is 2.50 bits per heavy atom. The number of hydrazine groups is 1. The first kappa shape index (κ1) is 19.0. The molecular weight excluding hydrogens is 397 g/mol. The summed E-state index contributed by atoms with van der Waals surface area (Å²) >= 11 is 0. The van der Waals surface area contributed by atoms with E-state index in [1.165, 1.54) is 0 Å². The summed E-state index contributed by atoms with van der Waals surface area (Å²) in [4.78, 5) is 13.9. The molecule has 0 N–H and O–H groups in total. The number of hydrogen-bond donors (Lipinski definition) is 0. The number of anilines is 3. The van der Waals surface area contributed by atoms with Crippen LogP contribution in [-0.4, -0.2) is 27.4 Å². The maximum Gasteiger partial charge on any atom is 0.315 e. The molecule has 6 nitrogen and oxygen atoms in total. The highest BCUT2D eigenvalue weighted by molar-refractivity contribution is 6.73. The van der Waals surface area contributed by atoms with E-state index in [1.54, 1.807) is 6.20 Å². The Kier molecular flexibility index (Phi) is 3.93. The number of allylic oxidation sites excluding steroid dienone is 1. The van der Waals surface area contributed by atoms with E-state index in [9.17, 15) is 0 Å². The van der Waals surface area contributed by atoms with Crippen LogP contribution < -0.4 is 15.4 Å². The van der Waals surface area contributed by atoms with E-state index < -0.39 is 5.66 Å². The fraction of sp³-hybridized carbons (Fsp3) is 0.200. The predicted molar refractivity (Wildman–Crippen MR) is 130 cm³/mol. The molecule has 1 aromatic carbocycles. The molecule has 3 aromatic heterocycles. The second-order valence-corrected chi connectivity index (χ2v) is 8.87. The van der Waals surface area contributed by atoms with E-state index >= 15 is 0 Å². The van der Waals surface area contributed by atoms with Gasteiger partial charge in [0, 0.05) is 34.6 Å². The summed E-state index contributed by atoms with van der Waals surface area (Å²) < 4.78 is 6.10. The lowest BCUT2D eigenvalue weighted by Crippen LogP contribution is -2.64. The molecule has 2 aliphatic heterocycles. The number of nitrogens with zero attached hydrogens (tertiary/aromatic N) is 5. The van der Waals surface area contributed by atoms with E-state index in [1.807, 2.05) is 24.4 Å². The highest BCUT2D eigenvalue weighted by atomic mass is 16.3. The first-order valence-electron chi connectivity index (χ1n) is 10.9. The molecule has 0 radical (unpaired) electrons. The van der Waals surface area contributed by atoms with Gasteiger partial charge in [-0.25, -0.2) is 9.97 Å². The highest BCUT2D eigenvalue weighted by Crippen LogP contribution is 2.49. The van der Waals surface area contributed by atoms with Crippen molar-refractivity contribution in [2.24, 2.45) is 0 Å². The Labute approximate surface area is 187 Å². The number of benzene rings is 1. The molecule has 0 saturated heterocycles. The average Bonchev–Trinajstić information content (AvgIpc) is 3.26. The van der Waals surface area contributed by atoms with Gasteiger partial charge in [0.05, 0.1) is 0 Å². The SMILES string of the molecule is CB1c2c(oc3ncccc23)C=C(C)N1N1c2cccnc2N(c2ccccc2)C1(C)C. The molecule has 0 unspecified atom stereocenters. The molecular formula is C25H24BN5O. The van der Waals surface area contributed by atoms with Crippen molar-refractivity contribution in [1.82, 2.24) is 14.9 Å². The van der Waals surface area contributed by atoms with Gasteiger partial charge in [0.25, 0.3) is 0 Å². The van der Waals surface area contributed by atoms with Crippen molar-refractivity contribution in [2.75, 3.05) is 9.91 Å². The molecule has 7 heteroatoms. The monoisotopic (exact) mass is 421 g/mol. The van der Waals surface area contributed by atoms with Crippen LogP contribution in [0.2, 0.25) is 6.82 Å². The fourth-order valence-electron chi connectivity index (χ4n) is 5.29. The van der Waals surface area contributed by atoms with Crippen LogP contribution in [0, 0.1) is 0 Å². The van der Waals surface area contributed by atoms with Crippen LogP contribution in [0.1, 0.15) is 26.5 Å². The molecule has 0 spiro atoms. The highest BCUT2D eigenvalue weighted by Gasteiger charge is 2.50. The van der Waals surface area contributed by atoms with Gasteiger partial charge in [0.15, 0.2) is 5.82 Å². The molecule has 4 aromatic rings. The number of rotatable bonds is 2. The van der Waals surface area contributed by atoms with Crippen molar-refractivity contribution < 1.29 is 4.42 Å². The van der Waals surface area contributed by atoms with Gasteiger partial charge in [-0.15, -0.1) is 0 Å². The number of furan rings is 1. The zero-order valence-corrected chi connectivity index (χ0v) is 18.6. The molecule has 5 heterocycles. The number of aromatic nitrogens is 2. The molecule has 0 atom stereocenters. The summed E-state index contributed by atoms with van der Waals surface area (Å²) in [5.41, 5.74) is 4.76. The Bertz CT molecular complexity index is 1360. The number of para-hydroxylation sites is 1. The van der Waals surface area contributed by atoms with Gasteiger partial charge in [-0.05, 0) is 63.2 Å². The minimum atomic E-state index is -0.392. The maximum atomic E-state index is 6.10. The standard InChI is InChI=1S/C25H24BN5O/c1-17-16-21-22(19-12-8-15-28-24(19)32-21)26(4)31(17)30-20-13-9-14-27-23(20)29(25(30,2)3)18-10-6-5-7-11-18/h5-16H,1-4H3. The Morgan fingerprint density at radius 2 is 1.69 bits per heavy atom. The van der Waals surface area contributed by atoms with Gasteiger partial charge in [0.1, 0.15) is 17.1 Å². The Balaban J connectivity index is 1.54. The first-order valence-corrected chi connectivity index (χ1v) is 10.9. The lowest BCUT2D eigenvalue weighted by Gasteiger charge is -2.49. The molecule has 32 heavy (non-hydrogen) atoms. The molecule has 2 aliphatic rings. The van der Waals surface area contributed by atoms with Gasteiger partial charge < -0.3 is 9.34 Å². The minimum Gasteiger partial charge on any atom is -0.439 e. The smallest absolute Gasteiger partial charge is 0.315 e. The third-order valence-corrected chi connectivity index (χ3v) is 6.52. The summed E-state index contributed by atoms with van der Waals surface area (Å²) in [5.74, 6) is 1.84. The molecule has 158 valence electrons. The molecule has 0 saturated carbocycles. The van der Waals surface area contributed by atoms with Crippen LogP contribution in [0.25, 0.3) is 17.2 Å². The lowest BCUT2D eigenvalue weighted by atomic mass is 9.55.